The minimum Gasteiger partial charge on any atom is -0.345 e. The summed E-state index contributed by atoms with van der Waals surface area (Å²) in [5, 5.41) is 2.53. The van der Waals surface area contributed by atoms with E-state index in [2.05, 4.69) is 78.7 Å². The Morgan fingerprint density at radius 1 is 0.800 bits per heavy atom. The van der Waals surface area contributed by atoms with Gasteiger partial charge in [0, 0.05) is 25.0 Å². The van der Waals surface area contributed by atoms with Gasteiger partial charge in [-0.3, -0.25) is 0 Å². The van der Waals surface area contributed by atoms with Crippen LogP contribution in [0.4, 0.5) is 11.4 Å². The topological polar surface area (TPSA) is 29.3 Å². The minimum absolute atomic E-state index is 0.583. The van der Waals surface area contributed by atoms with Gasteiger partial charge in [0.1, 0.15) is 0 Å². The summed E-state index contributed by atoms with van der Waals surface area (Å²) in [6.07, 6.45) is 0. The van der Waals surface area contributed by atoms with E-state index < -0.39 is 0 Å². The average Bonchev–Trinajstić information content (AvgIpc) is 2.54. The van der Waals surface area contributed by atoms with Gasteiger partial charge in [0.2, 0.25) is 0 Å². The van der Waals surface area contributed by atoms with Crippen molar-refractivity contribution in [2.45, 2.75) is 6.54 Å². The van der Waals surface area contributed by atoms with Crippen molar-refractivity contribution in [2.75, 3.05) is 11.9 Å². The molecule has 0 spiro atoms. The predicted molar refractivity (Wildman–Crippen MR) is 86.3 cm³/mol. The Bertz CT molecular complexity index is 717. The first-order chi connectivity index (χ1) is 9.78. The van der Waals surface area contributed by atoms with Crippen molar-refractivity contribution in [1.29, 1.82) is 0 Å². The first kappa shape index (κ1) is 12.7. The molecule has 3 aromatic rings. The van der Waals surface area contributed by atoms with Crippen LogP contribution in [0.1, 0.15) is 5.56 Å². The van der Waals surface area contributed by atoms with Gasteiger partial charge in [0.15, 0.2) is 0 Å². The third-order valence-corrected chi connectivity index (χ3v) is 3.68. The van der Waals surface area contributed by atoms with Gasteiger partial charge < -0.3 is 10.6 Å². The number of nitrogens with two attached hydrogens (primary N) is 1. The fourth-order valence-electron chi connectivity index (χ4n) is 2.39. The lowest BCUT2D eigenvalue weighted by molar-refractivity contribution is 1.07. The van der Waals surface area contributed by atoms with Crippen molar-refractivity contribution in [1.82, 2.24) is 0 Å². The van der Waals surface area contributed by atoms with E-state index in [9.17, 15) is 0 Å². The van der Waals surface area contributed by atoms with E-state index in [0.717, 1.165) is 11.3 Å². The number of hydrogen-bond acceptors (Lipinski definition) is 2. The zero-order valence-corrected chi connectivity index (χ0v) is 11.6. The lowest BCUT2D eigenvalue weighted by Gasteiger charge is -2.20. The Hall–Kier alpha value is -2.32. The van der Waals surface area contributed by atoms with Gasteiger partial charge in [0.25, 0.3) is 0 Å². The van der Waals surface area contributed by atoms with Crippen LogP contribution >= 0.6 is 0 Å². The molecule has 20 heavy (non-hydrogen) atoms. The maximum absolute atomic E-state index is 5.64. The van der Waals surface area contributed by atoms with Crippen LogP contribution in [0.15, 0.2) is 66.7 Å². The monoisotopic (exact) mass is 262 g/mol. The van der Waals surface area contributed by atoms with Gasteiger partial charge in [-0.05, 0) is 40.6 Å². The second-order valence-corrected chi connectivity index (χ2v) is 4.96. The van der Waals surface area contributed by atoms with Crippen LogP contribution < -0.4 is 10.6 Å². The van der Waals surface area contributed by atoms with Crippen molar-refractivity contribution in [3.8, 4) is 0 Å². The molecule has 0 saturated carbocycles. The Balaban J connectivity index is 1.96. The quantitative estimate of drug-likeness (QED) is 0.771. The number of fused-ring (bicyclic) bond motifs is 1. The Labute approximate surface area is 119 Å². The molecule has 0 amide bonds. The van der Waals surface area contributed by atoms with Crippen LogP contribution in [-0.4, -0.2) is 7.05 Å². The van der Waals surface area contributed by atoms with Crippen molar-refractivity contribution >= 4 is 22.1 Å². The highest BCUT2D eigenvalue weighted by atomic mass is 15.1. The number of nitrogens with zero attached hydrogens (tertiary/aromatic N) is 1. The van der Waals surface area contributed by atoms with Gasteiger partial charge in [0.05, 0.1) is 0 Å². The molecule has 0 aromatic heterocycles. The van der Waals surface area contributed by atoms with E-state index in [1.807, 2.05) is 0 Å². The molecule has 0 radical (unpaired) electrons. The lowest BCUT2D eigenvalue weighted by Crippen LogP contribution is -2.09. The largest absolute Gasteiger partial charge is 0.345 e. The first-order valence-corrected chi connectivity index (χ1v) is 6.79. The molecule has 0 unspecified atom stereocenters. The highest BCUT2D eigenvalue weighted by Crippen LogP contribution is 2.27. The van der Waals surface area contributed by atoms with Crippen LogP contribution in [-0.2, 0) is 6.54 Å². The molecular weight excluding hydrogens is 244 g/mol. The lowest BCUT2D eigenvalue weighted by atomic mass is 10.1. The van der Waals surface area contributed by atoms with E-state index in [0.29, 0.717) is 6.54 Å². The average molecular weight is 262 g/mol. The molecule has 0 aliphatic rings. The molecule has 0 aliphatic carbocycles. The smallest absolute Gasteiger partial charge is 0.0414 e. The molecule has 3 rings (SSSR count). The number of benzene rings is 3. The van der Waals surface area contributed by atoms with E-state index in [4.69, 9.17) is 5.73 Å². The zero-order chi connectivity index (χ0) is 13.9. The summed E-state index contributed by atoms with van der Waals surface area (Å²) >= 11 is 0. The molecule has 2 N–H and O–H groups in total. The van der Waals surface area contributed by atoms with Crippen molar-refractivity contribution in [2.24, 2.45) is 5.73 Å². The SMILES string of the molecule is CN(c1ccc(CN)cc1)c1ccc2ccccc2c1. The standard InChI is InChI=1S/C18H18N2/c1-20(17-9-6-14(13-19)7-10-17)18-11-8-15-4-2-3-5-16(15)12-18/h2-12H,13,19H2,1H3. The molecule has 0 aliphatic heterocycles. The van der Waals surface area contributed by atoms with Gasteiger partial charge in [-0.15, -0.1) is 0 Å². The van der Waals surface area contributed by atoms with Gasteiger partial charge >= 0.3 is 0 Å². The summed E-state index contributed by atoms with van der Waals surface area (Å²) in [5.41, 5.74) is 9.14. The molecule has 3 aromatic carbocycles. The summed E-state index contributed by atoms with van der Waals surface area (Å²) in [5.74, 6) is 0. The first-order valence-electron chi connectivity index (χ1n) is 6.79. The molecule has 0 saturated heterocycles. The second-order valence-electron chi connectivity index (χ2n) is 4.96. The molecule has 0 atom stereocenters. The highest BCUT2D eigenvalue weighted by molar-refractivity contribution is 5.86. The van der Waals surface area contributed by atoms with Crippen molar-refractivity contribution in [3.05, 3.63) is 72.3 Å². The van der Waals surface area contributed by atoms with Crippen molar-refractivity contribution in [3.63, 3.8) is 0 Å². The third-order valence-electron chi connectivity index (χ3n) is 3.68. The van der Waals surface area contributed by atoms with Crippen LogP contribution in [0.25, 0.3) is 10.8 Å². The van der Waals surface area contributed by atoms with Crippen LogP contribution in [0, 0.1) is 0 Å². The van der Waals surface area contributed by atoms with E-state index in [1.54, 1.807) is 0 Å². The summed E-state index contributed by atoms with van der Waals surface area (Å²) in [4.78, 5) is 2.19. The maximum Gasteiger partial charge on any atom is 0.0414 e. The summed E-state index contributed by atoms with van der Waals surface area (Å²) in [7, 11) is 2.08. The highest BCUT2D eigenvalue weighted by Gasteiger charge is 2.04. The number of anilines is 2. The van der Waals surface area contributed by atoms with Gasteiger partial charge in [-0.1, -0.05) is 42.5 Å². The summed E-state index contributed by atoms with van der Waals surface area (Å²) < 4.78 is 0. The molecule has 2 nitrogen and oxygen atoms in total. The number of rotatable bonds is 3. The molecule has 100 valence electrons. The molecule has 2 heteroatoms. The maximum atomic E-state index is 5.64. The molecule has 0 fully saturated rings. The number of hydrogen-bond donors (Lipinski definition) is 1. The summed E-state index contributed by atoms with van der Waals surface area (Å²) in [6.45, 7) is 0.583. The fraction of sp³-hybridized carbons (Fsp3) is 0.111. The van der Waals surface area contributed by atoms with E-state index in [-0.39, 0.29) is 0 Å². The van der Waals surface area contributed by atoms with E-state index in [1.165, 1.54) is 16.5 Å². The Morgan fingerprint density at radius 2 is 1.45 bits per heavy atom. The zero-order valence-electron chi connectivity index (χ0n) is 11.6. The minimum atomic E-state index is 0.583. The van der Waals surface area contributed by atoms with Crippen LogP contribution in [0.5, 0.6) is 0 Å². The molecule has 0 bridgehead atoms. The Morgan fingerprint density at radius 3 is 2.15 bits per heavy atom. The van der Waals surface area contributed by atoms with Crippen LogP contribution in [0.2, 0.25) is 0 Å². The van der Waals surface area contributed by atoms with Gasteiger partial charge in [-0.25, -0.2) is 0 Å². The molecular formula is C18H18N2. The van der Waals surface area contributed by atoms with Crippen molar-refractivity contribution < 1.29 is 0 Å². The van der Waals surface area contributed by atoms with Crippen LogP contribution in [0.3, 0.4) is 0 Å². The molecule has 0 heterocycles. The van der Waals surface area contributed by atoms with E-state index >= 15 is 0 Å². The normalized spacial score (nSPS) is 10.7. The predicted octanol–water partition coefficient (Wildman–Crippen LogP) is 4.07. The Kier molecular flexibility index (Phi) is 3.40. The summed E-state index contributed by atoms with van der Waals surface area (Å²) in [6, 6.07) is 23.3. The second kappa shape index (κ2) is 5.35. The third kappa shape index (κ3) is 2.38. The fourth-order valence-corrected chi connectivity index (χ4v) is 2.39. The van der Waals surface area contributed by atoms with Gasteiger partial charge in [-0.2, -0.15) is 0 Å².